The van der Waals surface area contributed by atoms with Crippen molar-refractivity contribution in [3.05, 3.63) is 17.5 Å². The van der Waals surface area contributed by atoms with Gasteiger partial charge < -0.3 is 10.0 Å². The van der Waals surface area contributed by atoms with Gasteiger partial charge in [0.25, 0.3) is 0 Å². The van der Waals surface area contributed by atoms with Crippen LogP contribution in [0.2, 0.25) is 0 Å². The average molecular weight is 279 g/mol. The maximum atomic E-state index is 12.2. The van der Waals surface area contributed by atoms with Crippen LogP contribution in [0, 0.1) is 12.8 Å². The van der Waals surface area contributed by atoms with Crippen molar-refractivity contribution in [3.8, 4) is 0 Å². The van der Waals surface area contributed by atoms with Crippen LogP contribution < -0.4 is 0 Å². The highest BCUT2D eigenvalue weighted by atomic mass is 16.4. The minimum atomic E-state index is -0.841. The van der Waals surface area contributed by atoms with E-state index in [1.54, 1.807) is 16.6 Å². The molecule has 6 heteroatoms. The number of carbonyl (C=O) groups excluding carboxylic acids is 1. The summed E-state index contributed by atoms with van der Waals surface area (Å²) in [7, 11) is 1.81. The Morgan fingerprint density at radius 3 is 2.75 bits per heavy atom. The molecule has 6 nitrogen and oxygen atoms in total. The monoisotopic (exact) mass is 279 g/mol. The van der Waals surface area contributed by atoms with Crippen molar-refractivity contribution in [2.45, 2.75) is 39.2 Å². The minimum Gasteiger partial charge on any atom is -0.481 e. The first-order valence-corrected chi connectivity index (χ1v) is 6.98. The summed E-state index contributed by atoms with van der Waals surface area (Å²) in [5.41, 5.74) is 1.64. The molecule has 0 aliphatic carbocycles. The summed E-state index contributed by atoms with van der Waals surface area (Å²) in [6, 6.07) is -0.401. The van der Waals surface area contributed by atoms with Crippen LogP contribution in [0.3, 0.4) is 0 Å². The van der Waals surface area contributed by atoms with Gasteiger partial charge in [0, 0.05) is 31.8 Å². The van der Waals surface area contributed by atoms with E-state index >= 15 is 0 Å². The Labute approximate surface area is 118 Å². The van der Waals surface area contributed by atoms with Crippen LogP contribution in [0.4, 0.5) is 0 Å². The number of hydrogen-bond acceptors (Lipinski definition) is 3. The van der Waals surface area contributed by atoms with Crippen LogP contribution >= 0.6 is 0 Å². The van der Waals surface area contributed by atoms with Crippen LogP contribution in [0.15, 0.2) is 6.20 Å². The lowest BCUT2D eigenvalue weighted by atomic mass is 9.84. The molecule has 2 rings (SSSR count). The van der Waals surface area contributed by atoms with E-state index in [4.69, 9.17) is 0 Å². The molecule has 0 radical (unpaired) electrons. The number of piperidine rings is 1. The summed E-state index contributed by atoms with van der Waals surface area (Å²) < 4.78 is 1.67. The number of carbonyl (C=O) groups is 2. The molecular formula is C14H21N3O3. The summed E-state index contributed by atoms with van der Waals surface area (Å²) in [4.78, 5) is 25.4. The minimum absolute atomic E-state index is 0.0394. The molecule has 1 N–H and O–H groups in total. The Balaban J connectivity index is 2.45. The van der Waals surface area contributed by atoms with Gasteiger partial charge in [-0.05, 0) is 19.8 Å². The van der Waals surface area contributed by atoms with Gasteiger partial charge >= 0.3 is 5.97 Å². The third-order valence-corrected chi connectivity index (χ3v) is 3.86. The van der Waals surface area contributed by atoms with Crippen molar-refractivity contribution in [2.24, 2.45) is 13.0 Å². The molecule has 110 valence electrons. The largest absolute Gasteiger partial charge is 0.481 e. The molecule has 1 aliphatic rings. The molecule has 1 saturated heterocycles. The van der Waals surface area contributed by atoms with Crippen molar-refractivity contribution in [3.63, 3.8) is 0 Å². The van der Waals surface area contributed by atoms with E-state index in [2.05, 4.69) is 5.10 Å². The molecule has 1 amide bonds. The highest BCUT2D eigenvalue weighted by molar-refractivity contribution is 5.81. The van der Waals surface area contributed by atoms with Crippen molar-refractivity contribution >= 4 is 11.9 Å². The second kappa shape index (κ2) is 5.64. The Hall–Kier alpha value is -1.85. The fraction of sp³-hybridized carbons (Fsp3) is 0.643. The van der Waals surface area contributed by atoms with Crippen molar-refractivity contribution in [1.82, 2.24) is 14.7 Å². The number of carboxylic acids is 1. The fourth-order valence-electron chi connectivity index (χ4n) is 3.01. The summed E-state index contributed by atoms with van der Waals surface area (Å²) in [6.07, 6.45) is 3.35. The van der Waals surface area contributed by atoms with E-state index in [1.165, 1.54) is 0 Å². The number of likely N-dealkylation sites (tertiary alicyclic amines) is 1. The molecule has 1 aromatic heterocycles. The van der Waals surface area contributed by atoms with E-state index in [1.807, 2.05) is 20.0 Å². The van der Waals surface area contributed by atoms with Crippen LogP contribution in [-0.4, -0.2) is 38.2 Å². The molecule has 1 aliphatic heterocycles. The number of aryl methyl sites for hydroxylation is 2. The highest BCUT2D eigenvalue weighted by Crippen LogP contribution is 2.38. The normalized spacial score (nSPS) is 23.1. The summed E-state index contributed by atoms with van der Waals surface area (Å²) in [5.74, 6) is -1.35. The Morgan fingerprint density at radius 1 is 1.55 bits per heavy atom. The molecule has 1 fully saturated rings. The first kappa shape index (κ1) is 14.6. The first-order chi connectivity index (χ1) is 9.45. The third kappa shape index (κ3) is 2.55. The second-order valence-electron chi connectivity index (χ2n) is 5.36. The molecule has 2 unspecified atom stereocenters. The highest BCUT2D eigenvalue weighted by Gasteiger charge is 2.41. The second-order valence-corrected chi connectivity index (χ2v) is 5.36. The predicted molar refractivity (Wildman–Crippen MR) is 73.0 cm³/mol. The quantitative estimate of drug-likeness (QED) is 0.906. The zero-order valence-electron chi connectivity index (χ0n) is 12.2. The first-order valence-electron chi connectivity index (χ1n) is 6.98. The summed E-state index contributed by atoms with van der Waals surface area (Å²) >= 11 is 0. The van der Waals surface area contributed by atoms with Gasteiger partial charge in [0.1, 0.15) is 0 Å². The van der Waals surface area contributed by atoms with Gasteiger partial charge in [0.15, 0.2) is 0 Å². The van der Waals surface area contributed by atoms with Gasteiger partial charge in [0.05, 0.1) is 17.7 Å². The van der Waals surface area contributed by atoms with Gasteiger partial charge in [-0.2, -0.15) is 5.10 Å². The summed E-state index contributed by atoms with van der Waals surface area (Å²) in [5, 5.41) is 13.8. The fourth-order valence-corrected chi connectivity index (χ4v) is 3.01. The van der Waals surface area contributed by atoms with Gasteiger partial charge in [0.2, 0.25) is 5.91 Å². The molecule has 0 aromatic carbocycles. The molecular weight excluding hydrogens is 258 g/mol. The van der Waals surface area contributed by atoms with Gasteiger partial charge in [-0.15, -0.1) is 0 Å². The number of aromatic nitrogens is 2. The van der Waals surface area contributed by atoms with E-state index in [9.17, 15) is 14.7 Å². The summed E-state index contributed by atoms with van der Waals surface area (Å²) in [6.45, 7) is 4.43. The Bertz CT molecular complexity index is 524. The maximum absolute atomic E-state index is 12.2. The zero-order valence-corrected chi connectivity index (χ0v) is 12.2. The van der Waals surface area contributed by atoms with E-state index < -0.39 is 17.9 Å². The Kier molecular flexibility index (Phi) is 4.11. The van der Waals surface area contributed by atoms with Crippen molar-refractivity contribution in [1.29, 1.82) is 0 Å². The number of carboxylic acid groups (broad SMARTS) is 1. The lowest BCUT2D eigenvalue weighted by Gasteiger charge is -2.39. The average Bonchev–Trinajstić information content (AvgIpc) is 2.70. The molecule has 2 atom stereocenters. The topological polar surface area (TPSA) is 75.4 Å². The van der Waals surface area contributed by atoms with Crippen LogP contribution in [0.25, 0.3) is 0 Å². The number of hydrogen-bond donors (Lipinski definition) is 1. The lowest BCUT2D eigenvalue weighted by Crippen LogP contribution is -2.45. The van der Waals surface area contributed by atoms with Crippen molar-refractivity contribution in [2.75, 3.05) is 6.54 Å². The van der Waals surface area contributed by atoms with Crippen molar-refractivity contribution < 1.29 is 14.7 Å². The molecule has 0 bridgehead atoms. The molecule has 0 saturated carbocycles. The molecule has 20 heavy (non-hydrogen) atoms. The van der Waals surface area contributed by atoms with Crippen LogP contribution in [-0.2, 0) is 16.6 Å². The number of rotatable bonds is 4. The maximum Gasteiger partial charge on any atom is 0.308 e. The Morgan fingerprint density at radius 2 is 2.25 bits per heavy atom. The molecule has 2 heterocycles. The van der Waals surface area contributed by atoms with E-state index in [-0.39, 0.29) is 5.91 Å². The smallest absolute Gasteiger partial charge is 0.308 e. The van der Waals surface area contributed by atoms with Gasteiger partial charge in [-0.1, -0.05) is 6.92 Å². The van der Waals surface area contributed by atoms with E-state index in [0.717, 1.165) is 17.7 Å². The number of nitrogens with zero attached hydrogens (tertiary/aromatic N) is 3. The standard InChI is InChI=1S/C14H21N3O3/c1-4-7-17-12(18)6-5-10(14(19)20)13(17)11-8-16(3)15-9(11)2/h8,10,13H,4-7H2,1-3H3,(H,19,20). The zero-order chi connectivity index (χ0) is 14.9. The number of amides is 1. The van der Waals surface area contributed by atoms with Gasteiger partial charge in [-0.25, -0.2) is 0 Å². The van der Waals surface area contributed by atoms with E-state index in [0.29, 0.717) is 19.4 Å². The predicted octanol–water partition coefficient (Wildman–Crippen LogP) is 1.50. The lowest BCUT2D eigenvalue weighted by molar-refractivity contribution is -0.152. The third-order valence-electron chi connectivity index (χ3n) is 3.86. The van der Waals surface area contributed by atoms with Crippen LogP contribution in [0.5, 0.6) is 0 Å². The molecule has 1 aromatic rings. The SMILES string of the molecule is CCCN1C(=O)CCC(C(=O)O)C1c1cn(C)nc1C. The molecule has 0 spiro atoms. The van der Waals surface area contributed by atoms with Gasteiger partial charge in [-0.3, -0.25) is 14.3 Å². The van der Waals surface area contributed by atoms with Crippen LogP contribution in [0.1, 0.15) is 43.5 Å². The number of aliphatic carboxylic acids is 1.